The summed E-state index contributed by atoms with van der Waals surface area (Å²) < 4.78 is 23.5. The van der Waals surface area contributed by atoms with E-state index in [2.05, 4.69) is 0 Å². The predicted octanol–water partition coefficient (Wildman–Crippen LogP) is 1.69. The van der Waals surface area contributed by atoms with Crippen molar-refractivity contribution in [2.45, 2.75) is 57.9 Å². The molecule has 3 unspecified atom stereocenters. The van der Waals surface area contributed by atoms with Crippen molar-refractivity contribution < 1.29 is 23.1 Å². The number of rotatable bonds is 6. The Morgan fingerprint density at radius 1 is 1.17 bits per heavy atom. The van der Waals surface area contributed by atoms with E-state index in [1.165, 1.54) is 0 Å². The van der Waals surface area contributed by atoms with Crippen LogP contribution in [0.1, 0.15) is 51.9 Å². The molecule has 0 radical (unpaired) electrons. The molecule has 1 heterocycles. The average Bonchev–Trinajstić information content (AvgIpc) is 2.87. The van der Waals surface area contributed by atoms with Crippen molar-refractivity contribution in [2.75, 3.05) is 18.1 Å². The van der Waals surface area contributed by atoms with E-state index in [9.17, 15) is 23.1 Å². The molecule has 23 heavy (non-hydrogen) atoms. The van der Waals surface area contributed by atoms with Crippen LogP contribution in [0.2, 0.25) is 0 Å². The summed E-state index contributed by atoms with van der Waals surface area (Å²) >= 11 is 0. The fraction of sp³-hybridized carbons (Fsp3) is 0.875. The molecule has 1 saturated heterocycles. The molecule has 132 valence electrons. The molecule has 1 aliphatic carbocycles. The Morgan fingerprint density at radius 2 is 1.87 bits per heavy atom. The zero-order chi connectivity index (χ0) is 17.0. The van der Waals surface area contributed by atoms with Crippen molar-refractivity contribution in [3.8, 4) is 0 Å². The zero-order valence-corrected chi connectivity index (χ0v) is 14.6. The molecular weight excluding hydrogens is 318 g/mol. The number of unbranched alkanes of at least 4 members (excludes halogenated alkanes) is 1. The maximum atomic E-state index is 12.9. The predicted molar refractivity (Wildman–Crippen MR) is 86.8 cm³/mol. The highest BCUT2D eigenvalue weighted by Gasteiger charge is 2.39. The minimum atomic E-state index is -3.04. The Kier molecular flexibility index (Phi) is 6.06. The van der Waals surface area contributed by atoms with Gasteiger partial charge in [-0.2, -0.15) is 0 Å². The smallest absolute Gasteiger partial charge is 0.306 e. The minimum absolute atomic E-state index is 0.0356. The third-order valence-electron chi connectivity index (χ3n) is 5.06. The summed E-state index contributed by atoms with van der Waals surface area (Å²) in [5.74, 6) is -1.38. The van der Waals surface area contributed by atoms with E-state index < -0.39 is 21.7 Å². The van der Waals surface area contributed by atoms with Crippen LogP contribution in [0.25, 0.3) is 0 Å². The second-order valence-corrected chi connectivity index (χ2v) is 9.07. The molecule has 0 aromatic rings. The van der Waals surface area contributed by atoms with Crippen LogP contribution in [0, 0.1) is 11.8 Å². The summed E-state index contributed by atoms with van der Waals surface area (Å²) in [6.07, 6.45) is 4.76. The molecule has 0 spiro atoms. The number of aliphatic carboxylic acids is 1. The Balaban J connectivity index is 2.08. The summed E-state index contributed by atoms with van der Waals surface area (Å²) in [4.78, 5) is 25.8. The van der Waals surface area contributed by atoms with Crippen molar-refractivity contribution in [1.82, 2.24) is 4.90 Å². The summed E-state index contributed by atoms with van der Waals surface area (Å²) in [5, 5.41) is 9.19. The van der Waals surface area contributed by atoms with Crippen molar-refractivity contribution in [2.24, 2.45) is 11.8 Å². The maximum absolute atomic E-state index is 12.9. The van der Waals surface area contributed by atoms with Gasteiger partial charge in [-0.15, -0.1) is 0 Å². The second-order valence-electron chi connectivity index (χ2n) is 6.84. The van der Waals surface area contributed by atoms with Gasteiger partial charge in [-0.3, -0.25) is 9.59 Å². The zero-order valence-electron chi connectivity index (χ0n) is 13.7. The monoisotopic (exact) mass is 345 g/mol. The largest absolute Gasteiger partial charge is 0.481 e. The van der Waals surface area contributed by atoms with Crippen molar-refractivity contribution >= 4 is 21.7 Å². The van der Waals surface area contributed by atoms with Gasteiger partial charge in [0.1, 0.15) is 0 Å². The van der Waals surface area contributed by atoms with Gasteiger partial charge in [0.15, 0.2) is 9.84 Å². The van der Waals surface area contributed by atoms with Crippen LogP contribution in [-0.2, 0) is 19.4 Å². The van der Waals surface area contributed by atoms with Crippen molar-refractivity contribution in [1.29, 1.82) is 0 Å². The van der Waals surface area contributed by atoms with E-state index in [0.29, 0.717) is 32.2 Å². The maximum Gasteiger partial charge on any atom is 0.306 e. The molecule has 2 rings (SSSR count). The lowest BCUT2D eigenvalue weighted by Crippen LogP contribution is -2.46. The number of carbonyl (C=O) groups excluding carboxylic acids is 1. The van der Waals surface area contributed by atoms with Crippen molar-refractivity contribution in [3.63, 3.8) is 0 Å². The highest BCUT2D eigenvalue weighted by molar-refractivity contribution is 7.91. The molecule has 2 aliphatic rings. The number of carbonyl (C=O) groups is 2. The normalized spacial score (nSPS) is 30.0. The summed E-state index contributed by atoms with van der Waals surface area (Å²) in [6.45, 7) is 2.61. The molecule has 7 heteroatoms. The molecule has 1 saturated carbocycles. The standard InChI is InChI=1S/C16H27NO5S/c1-2-3-8-17(14-7-9-23(21,22)11-14)15(18)12-5-4-6-13(10-12)16(19)20/h12-14H,2-11H2,1H3,(H,19,20). The number of amides is 1. The fourth-order valence-electron chi connectivity index (χ4n) is 3.70. The van der Waals surface area contributed by atoms with E-state index in [1.54, 1.807) is 4.90 Å². The Hall–Kier alpha value is -1.11. The lowest BCUT2D eigenvalue weighted by Gasteiger charge is -2.34. The third kappa shape index (κ3) is 4.68. The van der Waals surface area contributed by atoms with Gasteiger partial charge >= 0.3 is 5.97 Å². The number of nitrogens with zero attached hydrogens (tertiary/aromatic N) is 1. The number of carboxylic acids is 1. The molecule has 1 amide bonds. The molecule has 0 bridgehead atoms. The van der Waals surface area contributed by atoms with Crippen LogP contribution in [0.5, 0.6) is 0 Å². The van der Waals surface area contributed by atoms with Crippen LogP contribution in [0.4, 0.5) is 0 Å². The molecule has 1 aliphatic heterocycles. The highest BCUT2D eigenvalue weighted by Crippen LogP contribution is 2.32. The van der Waals surface area contributed by atoms with Gasteiger partial charge < -0.3 is 10.0 Å². The first-order valence-electron chi connectivity index (χ1n) is 8.57. The summed E-state index contributed by atoms with van der Waals surface area (Å²) in [7, 11) is -3.04. The van der Waals surface area contributed by atoms with Crippen molar-refractivity contribution in [3.05, 3.63) is 0 Å². The van der Waals surface area contributed by atoms with Crippen LogP contribution < -0.4 is 0 Å². The van der Waals surface area contributed by atoms with E-state index in [1.807, 2.05) is 6.92 Å². The number of hydrogen-bond donors (Lipinski definition) is 1. The third-order valence-corrected chi connectivity index (χ3v) is 6.81. The number of sulfone groups is 1. The van der Waals surface area contributed by atoms with Crippen LogP contribution in [0.3, 0.4) is 0 Å². The SMILES string of the molecule is CCCCN(C(=O)C1CCCC(C(=O)O)C1)C1CCS(=O)(=O)C1. The van der Waals surface area contributed by atoms with Gasteiger partial charge in [0.25, 0.3) is 0 Å². The molecule has 3 atom stereocenters. The first kappa shape index (κ1) is 18.2. The molecule has 0 aromatic heterocycles. The summed E-state index contributed by atoms with van der Waals surface area (Å²) in [6, 6.07) is -0.232. The van der Waals surface area contributed by atoms with E-state index in [0.717, 1.165) is 19.3 Å². The lowest BCUT2D eigenvalue weighted by atomic mass is 9.80. The van der Waals surface area contributed by atoms with E-state index >= 15 is 0 Å². The average molecular weight is 345 g/mol. The topological polar surface area (TPSA) is 91.8 Å². The van der Waals surface area contributed by atoms with Crippen LogP contribution >= 0.6 is 0 Å². The number of carboxylic acid groups (broad SMARTS) is 1. The van der Waals surface area contributed by atoms with Gasteiger partial charge in [-0.25, -0.2) is 8.42 Å². The highest BCUT2D eigenvalue weighted by atomic mass is 32.2. The Bertz CT molecular complexity index is 545. The minimum Gasteiger partial charge on any atom is -0.481 e. The first-order valence-corrected chi connectivity index (χ1v) is 10.4. The van der Waals surface area contributed by atoms with Gasteiger partial charge in [0.05, 0.1) is 17.4 Å². The Morgan fingerprint density at radius 3 is 2.43 bits per heavy atom. The molecule has 1 N–H and O–H groups in total. The Labute approximate surface area is 138 Å². The number of hydrogen-bond acceptors (Lipinski definition) is 4. The molecule has 2 fully saturated rings. The van der Waals surface area contributed by atoms with E-state index in [-0.39, 0.29) is 29.4 Å². The van der Waals surface area contributed by atoms with Gasteiger partial charge in [0, 0.05) is 18.5 Å². The molecule has 6 nitrogen and oxygen atoms in total. The van der Waals surface area contributed by atoms with Gasteiger partial charge in [0.2, 0.25) is 5.91 Å². The first-order chi connectivity index (χ1) is 10.8. The van der Waals surface area contributed by atoms with Gasteiger partial charge in [-0.1, -0.05) is 19.8 Å². The van der Waals surface area contributed by atoms with Gasteiger partial charge in [-0.05, 0) is 32.1 Å². The summed E-state index contributed by atoms with van der Waals surface area (Å²) in [5.41, 5.74) is 0. The molecule has 0 aromatic carbocycles. The van der Waals surface area contributed by atoms with Crippen LogP contribution in [0.15, 0.2) is 0 Å². The second kappa shape index (κ2) is 7.64. The quantitative estimate of drug-likeness (QED) is 0.791. The lowest BCUT2D eigenvalue weighted by molar-refractivity contribution is -0.146. The van der Waals surface area contributed by atoms with Crippen LogP contribution in [-0.4, -0.2) is 54.4 Å². The fourth-order valence-corrected chi connectivity index (χ4v) is 5.43. The molecular formula is C16H27NO5S. The van der Waals surface area contributed by atoms with E-state index in [4.69, 9.17) is 0 Å².